The number of rotatable bonds is 7. The molecule has 1 rings (SSSR count). The second-order valence-electron chi connectivity index (χ2n) is 3.95. The molecule has 0 saturated heterocycles. The molecule has 0 aliphatic carbocycles. The van der Waals surface area contributed by atoms with Gasteiger partial charge in [0.05, 0.1) is 23.6 Å². The zero-order chi connectivity index (χ0) is 14.5. The summed E-state index contributed by atoms with van der Waals surface area (Å²) in [4.78, 5) is 10.8. The molecular formula is C12H17NO5S. The predicted molar refractivity (Wildman–Crippen MR) is 72.0 cm³/mol. The van der Waals surface area contributed by atoms with E-state index in [9.17, 15) is 13.2 Å². The van der Waals surface area contributed by atoms with E-state index in [2.05, 4.69) is 4.72 Å². The third-order valence-corrected chi connectivity index (χ3v) is 3.69. The normalized spacial score (nSPS) is 11.3. The lowest BCUT2D eigenvalue weighted by atomic mass is 10.1. The van der Waals surface area contributed by atoms with Gasteiger partial charge in [-0.05, 0) is 31.5 Å². The van der Waals surface area contributed by atoms with Gasteiger partial charge in [0.1, 0.15) is 0 Å². The van der Waals surface area contributed by atoms with Crippen LogP contribution in [0.15, 0.2) is 18.2 Å². The van der Waals surface area contributed by atoms with Crippen molar-refractivity contribution < 1.29 is 23.1 Å². The highest BCUT2D eigenvalue weighted by Crippen LogP contribution is 2.18. The van der Waals surface area contributed by atoms with Crippen molar-refractivity contribution in [2.24, 2.45) is 0 Å². The zero-order valence-electron chi connectivity index (χ0n) is 10.8. The Balaban J connectivity index is 2.86. The Morgan fingerprint density at radius 3 is 2.68 bits per heavy atom. The molecule has 0 radical (unpaired) electrons. The molecule has 6 nitrogen and oxygen atoms in total. The van der Waals surface area contributed by atoms with Crippen molar-refractivity contribution in [2.45, 2.75) is 13.8 Å². The van der Waals surface area contributed by atoms with Gasteiger partial charge in [-0.2, -0.15) is 0 Å². The minimum atomic E-state index is -3.54. The van der Waals surface area contributed by atoms with E-state index in [0.29, 0.717) is 12.2 Å². The fraction of sp³-hybridized carbons (Fsp3) is 0.417. The van der Waals surface area contributed by atoms with Gasteiger partial charge in [0.25, 0.3) is 0 Å². The number of ether oxygens (including phenoxy) is 1. The summed E-state index contributed by atoms with van der Waals surface area (Å²) in [5.41, 5.74) is 0.967. The Labute approximate surface area is 112 Å². The lowest BCUT2D eigenvalue weighted by Gasteiger charge is -2.11. The van der Waals surface area contributed by atoms with Crippen molar-refractivity contribution in [2.75, 3.05) is 23.7 Å². The maximum absolute atomic E-state index is 11.8. The third-order valence-electron chi connectivity index (χ3n) is 2.45. The lowest BCUT2D eigenvalue weighted by molar-refractivity contribution is 0.0697. The summed E-state index contributed by atoms with van der Waals surface area (Å²) < 4.78 is 30.9. The van der Waals surface area contributed by atoms with Gasteiger partial charge in [-0.1, -0.05) is 6.07 Å². The molecule has 2 N–H and O–H groups in total. The Morgan fingerprint density at radius 2 is 2.11 bits per heavy atom. The molecule has 1 aromatic rings. The van der Waals surface area contributed by atoms with Crippen molar-refractivity contribution in [3.05, 3.63) is 29.3 Å². The molecule has 106 valence electrons. The number of carboxylic acid groups (broad SMARTS) is 1. The van der Waals surface area contributed by atoms with Gasteiger partial charge in [-0.15, -0.1) is 0 Å². The molecule has 0 heterocycles. The Hall–Kier alpha value is -1.60. The Kier molecular flexibility index (Phi) is 5.31. The number of benzene rings is 1. The highest BCUT2D eigenvalue weighted by atomic mass is 32.2. The van der Waals surface area contributed by atoms with Gasteiger partial charge < -0.3 is 9.84 Å². The summed E-state index contributed by atoms with van der Waals surface area (Å²) in [5.74, 6) is -1.27. The number of hydrogen-bond acceptors (Lipinski definition) is 4. The van der Waals surface area contributed by atoms with Gasteiger partial charge >= 0.3 is 5.97 Å². The summed E-state index contributed by atoms with van der Waals surface area (Å²) in [5, 5.41) is 8.87. The molecule has 0 bridgehead atoms. The fourth-order valence-corrected chi connectivity index (χ4v) is 2.39. The van der Waals surface area contributed by atoms with Crippen LogP contribution in [0.1, 0.15) is 22.8 Å². The highest BCUT2D eigenvalue weighted by molar-refractivity contribution is 7.92. The number of aryl methyl sites for hydroxylation is 1. The number of hydrogen-bond donors (Lipinski definition) is 2. The van der Waals surface area contributed by atoms with E-state index >= 15 is 0 Å². The van der Waals surface area contributed by atoms with Crippen LogP contribution in [-0.4, -0.2) is 38.5 Å². The molecule has 7 heteroatoms. The van der Waals surface area contributed by atoms with Crippen LogP contribution in [0.3, 0.4) is 0 Å². The van der Waals surface area contributed by atoms with E-state index in [1.54, 1.807) is 19.9 Å². The molecule has 0 aliphatic rings. The van der Waals surface area contributed by atoms with Gasteiger partial charge in [0.15, 0.2) is 0 Å². The van der Waals surface area contributed by atoms with E-state index in [-0.39, 0.29) is 23.6 Å². The Morgan fingerprint density at radius 1 is 1.42 bits per heavy atom. The number of aromatic carboxylic acids is 1. The van der Waals surface area contributed by atoms with Crippen LogP contribution < -0.4 is 4.72 Å². The Bertz CT molecular complexity index is 553. The second-order valence-corrected chi connectivity index (χ2v) is 5.79. The summed E-state index contributed by atoms with van der Waals surface area (Å²) in [6.45, 7) is 4.03. The van der Waals surface area contributed by atoms with Crippen LogP contribution in [-0.2, 0) is 14.8 Å². The molecule has 1 aromatic carbocycles. The van der Waals surface area contributed by atoms with E-state index in [1.165, 1.54) is 12.1 Å². The average molecular weight is 287 g/mol. The average Bonchev–Trinajstić information content (AvgIpc) is 2.31. The third kappa shape index (κ3) is 4.88. The topological polar surface area (TPSA) is 92.7 Å². The predicted octanol–water partition coefficient (Wildman–Crippen LogP) is 1.47. The number of anilines is 1. The quantitative estimate of drug-likeness (QED) is 0.741. The standard InChI is InChI=1S/C12H17NO5S/c1-3-18-6-7-19(16,17)13-11-8-10(12(14)15)5-4-9(11)2/h4-5,8,13H,3,6-7H2,1-2H3,(H,14,15). The maximum Gasteiger partial charge on any atom is 0.335 e. The molecular weight excluding hydrogens is 270 g/mol. The number of carbonyl (C=O) groups is 1. The zero-order valence-corrected chi connectivity index (χ0v) is 11.7. The number of carboxylic acids is 1. The van der Waals surface area contributed by atoms with Crippen molar-refractivity contribution in [1.29, 1.82) is 0 Å². The van der Waals surface area contributed by atoms with Gasteiger partial charge in [0.2, 0.25) is 10.0 Å². The molecule has 0 aliphatic heterocycles. The first-order chi connectivity index (χ1) is 8.85. The van der Waals surface area contributed by atoms with Gasteiger partial charge in [0, 0.05) is 6.61 Å². The maximum atomic E-state index is 11.8. The first-order valence-corrected chi connectivity index (χ1v) is 7.43. The van der Waals surface area contributed by atoms with Crippen molar-refractivity contribution in [1.82, 2.24) is 0 Å². The largest absolute Gasteiger partial charge is 0.478 e. The molecule has 0 aromatic heterocycles. The highest BCUT2D eigenvalue weighted by Gasteiger charge is 2.13. The van der Waals surface area contributed by atoms with E-state index in [1.807, 2.05) is 0 Å². The first-order valence-electron chi connectivity index (χ1n) is 5.78. The molecule has 0 unspecified atom stereocenters. The molecule has 19 heavy (non-hydrogen) atoms. The molecule has 0 spiro atoms. The van der Waals surface area contributed by atoms with Gasteiger partial charge in [-0.25, -0.2) is 13.2 Å². The summed E-state index contributed by atoms with van der Waals surface area (Å²) >= 11 is 0. The van der Waals surface area contributed by atoms with Crippen LogP contribution in [0.4, 0.5) is 5.69 Å². The molecule has 0 amide bonds. The summed E-state index contributed by atoms with van der Waals surface area (Å²) in [6, 6.07) is 4.29. The number of sulfonamides is 1. The smallest absolute Gasteiger partial charge is 0.335 e. The van der Waals surface area contributed by atoms with Crippen LogP contribution in [0.25, 0.3) is 0 Å². The van der Waals surface area contributed by atoms with Crippen molar-refractivity contribution in [3.8, 4) is 0 Å². The van der Waals surface area contributed by atoms with Crippen molar-refractivity contribution in [3.63, 3.8) is 0 Å². The van der Waals surface area contributed by atoms with E-state index in [0.717, 1.165) is 0 Å². The van der Waals surface area contributed by atoms with Crippen LogP contribution in [0.5, 0.6) is 0 Å². The van der Waals surface area contributed by atoms with Crippen LogP contribution in [0.2, 0.25) is 0 Å². The lowest BCUT2D eigenvalue weighted by Crippen LogP contribution is -2.21. The SMILES string of the molecule is CCOCCS(=O)(=O)Nc1cc(C(=O)O)ccc1C. The summed E-state index contributed by atoms with van der Waals surface area (Å²) in [6.07, 6.45) is 0. The minimum Gasteiger partial charge on any atom is -0.478 e. The monoisotopic (exact) mass is 287 g/mol. The van der Waals surface area contributed by atoms with Crippen LogP contribution in [0, 0.1) is 6.92 Å². The fourth-order valence-electron chi connectivity index (χ4n) is 1.40. The van der Waals surface area contributed by atoms with Crippen molar-refractivity contribution >= 4 is 21.7 Å². The van der Waals surface area contributed by atoms with Gasteiger partial charge in [-0.3, -0.25) is 4.72 Å². The van der Waals surface area contributed by atoms with E-state index in [4.69, 9.17) is 9.84 Å². The minimum absolute atomic E-state index is 0.0353. The molecule has 0 atom stereocenters. The molecule has 0 fully saturated rings. The summed E-state index contributed by atoms with van der Waals surface area (Å²) in [7, 11) is -3.54. The van der Waals surface area contributed by atoms with E-state index < -0.39 is 16.0 Å². The second kappa shape index (κ2) is 6.53. The van der Waals surface area contributed by atoms with Crippen LogP contribution >= 0.6 is 0 Å². The number of nitrogens with one attached hydrogen (secondary N) is 1. The first kappa shape index (κ1) is 15.5. The molecule has 0 saturated carbocycles.